The van der Waals surface area contributed by atoms with Gasteiger partial charge in [0.25, 0.3) is 5.91 Å². The van der Waals surface area contributed by atoms with Crippen LogP contribution >= 0.6 is 0 Å². The number of nitrogens with one attached hydrogen (secondary N) is 3. The van der Waals surface area contributed by atoms with E-state index >= 15 is 0 Å². The molecule has 170 valence electrons. The average Bonchev–Trinajstić information content (AvgIpc) is 2.75. The van der Waals surface area contributed by atoms with Crippen molar-refractivity contribution < 1.29 is 9.90 Å². The second-order valence-corrected chi connectivity index (χ2v) is 8.08. The molecule has 1 aromatic rings. The SMILES string of the molecule is CCCCNc1ncc(C(=O)NCCN(CC)CCC)c(NC2CCC(O)CC2)n1. The lowest BCUT2D eigenvalue weighted by Gasteiger charge is -2.27. The van der Waals surface area contributed by atoms with Gasteiger partial charge in [0.2, 0.25) is 5.95 Å². The van der Waals surface area contributed by atoms with Gasteiger partial charge in [-0.2, -0.15) is 4.98 Å². The van der Waals surface area contributed by atoms with E-state index in [0.717, 1.165) is 71.1 Å². The van der Waals surface area contributed by atoms with Gasteiger partial charge in [0.1, 0.15) is 11.4 Å². The maximum atomic E-state index is 12.8. The van der Waals surface area contributed by atoms with Crippen LogP contribution in [0.3, 0.4) is 0 Å². The van der Waals surface area contributed by atoms with E-state index in [1.165, 1.54) is 0 Å². The third-order valence-corrected chi connectivity index (χ3v) is 5.59. The predicted octanol–water partition coefficient (Wildman–Crippen LogP) is 2.87. The first-order chi connectivity index (χ1) is 14.6. The Morgan fingerprint density at radius 1 is 1.13 bits per heavy atom. The molecule has 1 amide bonds. The third-order valence-electron chi connectivity index (χ3n) is 5.59. The monoisotopic (exact) mass is 420 g/mol. The van der Waals surface area contributed by atoms with Gasteiger partial charge in [-0.3, -0.25) is 4.79 Å². The Morgan fingerprint density at radius 3 is 2.57 bits per heavy atom. The van der Waals surface area contributed by atoms with Gasteiger partial charge in [-0.25, -0.2) is 4.98 Å². The van der Waals surface area contributed by atoms with Crippen LogP contribution in [0, 0.1) is 0 Å². The lowest BCUT2D eigenvalue weighted by Crippen LogP contribution is -2.36. The molecule has 1 heterocycles. The molecule has 8 heteroatoms. The number of aromatic nitrogens is 2. The van der Waals surface area contributed by atoms with E-state index in [9.17, 15) is 9.90 Å². The van der Waals surface area contributed by atoms with Crippen molar-refractivity contribution in [2.45, 2.75) is 77.9 Å². The van der Waals surface area contributed by atoms with Gasteiger partial charge in [-0.1, -0.05) is 27.2 Å². The number of hydrogen-bond donors (Lipinski definition) is 4. The number of rotatable bonds is 13. The summed E-state index contributed by atoms with van der Waals surface area (Å²) in [6.07, 6.45) is 7.92. The van der Waals surface area contributed by atoms with Gasteiger partial charge >= 0.3 is 0 Å². The van der Waals surface area contributed by atoms with Crippen molar-refractivity contribution in [3.8, 4) is 0 Å². The quantitative estimate of drug-likeness (QED) is 0.364. The molecule has 1 aromatic heterocycles. The summed E-state index contributed by atoms with van der Waals surface area (Å²) in [5.74, 6) is 0.961. The van der Waals surface area contributed by atoms with Gasteiger partial charge in [0.05, 0.1) is 6.10 Å². The number of aliphatic hydroxyl groups is 1. The summed E-state index contributed by atoms with van der Waals surface area (Å²) in [6.45, 7) is 10.7. The normalized spacial score (nSPS) is 19.0. The molecule has 0 radical (unpaired) electrons. The van der Waals surface area contributed by atoms with Crippen LogP contribution in [0.5, 0.6) is 0 Å². The number of aliphatic hydroxyl groups excluding tert-OH is 1. The first kappa shape index (κ1) is 24.3. The highest BCUT2D eigenvalue weighted by Crippen LogP contribution is 2.23. The number of carbonyl (C=O) groups excluding carboxylic acids is 1. The summed E-state index contributed by atoms with van der Waals surface area (Å²) in [4.78, 5) is 24.1. The Balaban J connectivity index is 2.04. The number of likely N-dealkylation sites (N-methyl/N-ethyl adjacent to an activating group) is 1. The van der Waals surface area contributed by atoms with E-state index in [4.69, 9.17) is 0 Å². The largest absolute Gasteiger partial charge is 0.393 e. The highest BCUT2D eigenvalue weighted by Gasteiger charge is 2.22. The van der Waals surface area contributed by atoms with Crippen LogP contribution in [0.4, 0.5) is 11.8 Å². The highest BCUT2D eigenvalue weighted by atomic mass is 16.3. The van der Waals surface area contributed by atoms with Crippen molar-refractivity contribution in [3.63, 3.8) is 0 Å². The van der Waals surface area contributed by atoms with Crippen molar-refractivity contribution in [2.24, 2.45) is 0 Å². The summed E-state index contributed by atoms with van der Waals surface area (Å²) >= 11 is 0. The van der Waals surface area contributed by atoms with E-state index in [0.29, 0.717) is 23.9 Å². The summed E-state index contributed by atoms with van der Waals surface area (Å²) < 4.78 is 0. The maximum absolute atomic E-state index is 12.8. The van der Waals surface area contributed by atoms with Crippen LogP contribution in [-0.4, -0.2) is 70.8 Å². The lowest BCUT2D eigenvalue weighted by molar-refractivity contribution is 0.0948. The van der Waals surface area contributed by atoms with Crippen LogP contribution in [0.25, 0.3) is 0 Å². The standard InChI is InChI=1S/C22H40N6O2/c1-4-7-12-24-22-25-16-19(21(30)23-13-15-28(6-3)14-5-2)20(27-22)26-17-8-10-18(29)11-9-17/h16-18,29H,4-15H2,1-3H3,(H,23,30)(H2,24,25,26,27). The van der Waals surface area contributed by atoms with Crippen molar-refractivity contribution in [2.75, 3.05) is 43.4 Å². The molecule has 8 nitrogen and oxygen atoms in total. The molecule has 30 heavy (non-hydrogen) atoms. The number of amides is 1. The van der Waals surface area contributed by atoms with Crippen molar-refractivity contribution >= 4 is 17.7 Å². The second kappa shape index (κ2) is 13.4. The molecular weight excluding hydrogens is 380 g/mol. The van der Waals surface area contributed by atoms with E-state index < -0.39 is 0 Å². The zero-order valence-corrected chi connectivity index (χ0v) is 18.9. The number of hydrogen-bond acceptors (Lipinski definition) is 7. The van der Waals surface area contributed by atoms with Crippen molar-refractivity contribution in [3.05, 3.63) is 11.8 Å². The van der Waals surface area contributed by atoms with Crippen LogP contribution < -0.4 is 16.0 Å². The Labute approximate surface area is 181 Å². The number of unbranched alkanes of at least 4 members (excludes halogenated alkanes) is 1. The molecule has 0 spiro atoms. The van der Waals surface area contributed by atoms with Crippen LogP contribution in [0.15, 0.2) is 6.20 Å². The van der Waals surface area contributed by atoms with Gasteiger partial charge in [0.15, 0.2) is 0 Å². The second-order valence-electron chi connectivity index (χ2n) is 8.08. The fourth-order valence-electron chi connectivity index (χ4n) is 3.70. The van der Waals surface area contributed by atoms with Crippen LogP contribution in [0.2, 0.25) is 0 Å². The molecule has 0 aromatic carbocycles. The van der Waals surface area contributed by atoms with Gasteiger partial charge < -0.3 is 26.0 Å². The minimum atomic E-state index is -0.216. The summed E-state index contributed by atoms with van der Waals surface area (Å²) in [7, 11) is 0. The molecular formula is C22H40N6O2. The minimum absolute atomic E-state index is 0.152. The fraction of sp³-hybridized carbons (Fsp3) is 0.773. The van der Waals surface area contributed by atoms with E-state index in [2.05, 4.69) is 51.6 Å². The molecule has 0 unspecified atom stereocenters. The number of anilines is 2. The Bertz CT molecular complexity index is 634. The summed E-state index contributed by atoms with van der Waals surface area (Å²) in [5.41, 5.74) is 0.473. The Kier molecular flexibility index (Phi) is 10.9. The zero-order chi connectivity index (χ0) is 21.8. The smallest absolute Gasteiger partial charge is 0.256 e. The Morgan fingerprint density at radius 2 is 1.90 bits per heavy atom. The molecule has 1 aliphatic rings. The van der Waals surface area contributed by atoms with E-state index in [1.54, 1.807) is 6.20 Å². The molecule has 0 bridgehead atoms. The molecule has 1 saturated carbocycles. The topological polar surface area (TPSA) is 102 Å². The fourth-order valence-corrected chi connectivity index (χ4v) is 3.70. The van der Waals surface area contributed by atoms with Gasteiger partial charge in [-0.05, 0) is 51.6 Å². The first-order valence-electron chi connectivity index (χ1n) is 11.6. The van der Waals surface area contributed by atoms with Crippen molar-refractivity contribution in [1.82, 2.24) is 20.2 Å². The van der Waals surface area contributed by atoms with E-state index in [1.807, 2.05) is 0 Å². The molecule has 4 N–H and O–H groups in total. The molecule has 2 rings (SSSR count). The lowest BCUT2D eigenvalue weighted by atomic mass is 9.93. The first-order valence-corrected chi connectivity index (χ1v) is 11.6. The third kappa shape index (κ3) is 8.07. The number of nitrogens with zero attached hydrogens (tertiary/aromatic N) is 3. The molecule has 0 atom stereocenters. The molecule has 0 aliphatic heterocycles. The highest BCUT2D eigenvalue weighted by molar-refractivity contribution is 5.98. The Hall–Kier alpha value is -1.93. The molecule has 1 fully saturated rings. The van der Waals surface area contributed by atoms with Crippen molar-refractivity contribution in [1.29, 1.82) is 0 Å². The predicted molar refractivity (Wildman–Crippen MR) is 122 cm³/mol. The zero-order valence-electron chi connectivity index (χ0n) is 18.9. The summed E-state index contributed by atoms with van der Waals surface area (Å²) in [5, 5.41) is 19.5. The maximum Gasteiger partial charge on any atom is 0.256 e. The average molecular weight is 421 g/mol. The van der Waals surface area contributed by atoms with Gasteiger partial charge in [-0.15, -0.1) is 0 Å². The van der Waals surface area contributed by atoms with Crippen LogP contribution in [-0.2, 0) is 0 Å². The van der Waals surface area contributed by atoms with E-state index in [-0.39, 0.29) is 18.1 Å². The number of carbonyl (C=O) groups is 1. The molecule has 0 saturated heterocycles. The minimum Gasteiger partial charge on any atom is -0.393 e. The van der Waals surface area contributed by atoms with Gasteiger partial charge in [0, 0.05) is 31.9 Å². The van der Waals surface area contributed by atoms with Crippen LogP contribution in [0.1, 0.15) is 76.1 Å². The molecule has 1 aliphatic carbocycles. The summed E-state index contributed by atoms with van der Waals surface area (Å²) in [6, 6.07) is 0.207.